The Morgan fingerprint density at radius 2 is 1.94 bits per heavy atom. The Morgan fingerprint density at radius 3 is 2.41 bits per heavy atom. The molecule has 1 aliphatic rings. The van der Waals surface area contributed by atoms with Crippen LogP contribution in [-0.2, 0) is 4.74 Å². The van der Waals surface area contributed by atoms with Gasteiger partial charge in [0.25, 0.3) is 0 Å². The minimum Gasteiger partial charge on any atom is -0.444 e. The monoisotopic (exact) mass is 261 g/mol. The van der Waals surface area contributed by atoms with Crippen LogP contribution in [0.15, 0.2) is 0 Å². The molecule has 0 saturated carbocycles. The molecule has 0 aromatic carbocycles. The fourth-order valence-electron chi connectivity index (χ4n) is 2.10. The molecule has 0 N–H and O–H groups in total. The number of nitrogens with zero attached hydrogens (tertiary/aromatic N) is 1. The molecular formula is C13H24ClNO2. The topological polar surface area (TPSA) is 29.5 Å². The van der Waals surface area contributed by atoms with E-state index in [1.165, 1.54) is 6.42 Å². The van der Waals surface area contributed by atoms with Gasteiger partial charge in [0.15, 0.2) is 0 Å². The standard InChI is InChI=1S/C13H24ClNO2/c1-13(2,3)17-12(16)15-9-6-11(7-10-15)5-4-8-14/h11H,4-10H2,1-3H3. The fraction of sp³-hybridized carbons (Fsp3) is 0.923. The Bertz CT molecular complexity index is 242. The average Bonchev–Trinajstić information content (AvgIpc) is 2.24. The first-order chi connectivity index (χ1) is 7.92. The molecule has 1 heterocycles. The van der Waals surface area contributed by atoms with E-state index in [2.05, 4.69) is 0 Å². The largest absolute Gasteiger partial charge is 0.444 e. The van der Waals surface area contributed by atoms with Crippen LogP contribution in [0.1, 0.15) is 46.5 Å². The van der Waals surface area contributed by atoms with Crippen LogP contribution in [-0.4, -0.2) is 35.6 Å². The maximum atomic E-state index is 11.8. The smallest absolute Gasteiger partial charge is 0.410 e. The number of halogens is 1. The van der Waals surface area contributed by atoms with Gasteiger partial charge in [-0.25, -0.2) is 4.79 Å². The lowest BCUT2D eigenvalue weighted by atomic mass is 9.93. The van der Waals surface area contributed by atoms with E-state index < -0.39 is 5.60 Å². The molecule has 3 nitrogen and oxygen atoms in total. The molecule has 1 fully saturated rings. The van der Waals surface area contributed by atoms with Crippen molar-refractivity contribution in [3.8, 4) is 0 Å². The van der Waals surface area contributed by atoms with E-state index in [9.17, 15) is 4.79 Å². The molecule has 0 unspecified atom stereocenters. The van der Waals surface area contributed by atoms with Crippen LogP contribution in [0.3, 0.4) is 0 Å². The van der Waals surface area contributed by atoms with Crippen molar-refractivity contribution < 1.29 is 9.53 Å². The summed E-state index contributed by atoms with van der Waals surface area (Å²) in [5.74, 6) is 1.47. The van der Waals surface area contributed by atoms with Crippen molar-refractivity contribution >= 4 is 17.7 Å². The fourth-order valence-corrected chi connectivity index (χ4v) is 2.25. The Balaban J connectivity index is 2.29. The van der Waals surface area contributed by atoms with E-state index in [1.54, 1.807) is 0 Å². The predicted octanol–water partition coefficient (Wildman–Crippen LogP) is 3.65. The van der Waals surface area contributed by atoms with E-state index in [1.807, 2.05) is 25.7 Å². The molecule has 4 heteroatoms. The summed E-state index contributed by atoms with van der Waals surface area (Å²) in [5, 5.41) is 0. The number of hydrogen-bond acceptors (Lipinski definition) is 2. The molecule has 17 heavy (non-hydrogen) atoms. The number of alkyl halides is 1. The third kappa shape index (κ3) is 5.62. The highest BCUT2D eigenvalue weighted by atomic mass is 35.5. The minimum absolute atomic E-state index is 0.173. The van der Waals surface area contributed by atoms with Crippen LogP contribution < -0.4 is 0 Å². The summed E-state index contributed by atoms with van der Waals surface area (Å²) in [6.07, 6.45) is 4.25. The van der Waals surface area contributed by atoms with Crippen LogP contribution in [0.4, 0.5) is 4.79 Å². The summed E-state index contributed by atoms with van der Waals surface area (Å²) in [6, 6.07) is 0. The van der Waals surface area contributed by atoms with Gasteiger partial charge in [-0.15, -0.1) is 11.6 Å². The summed E-state index contributed by atoms with van der Waals surface area (Å²) in [7, 11) is 0. The molecule has 0 spiro atoms. The van der Waals surface area contributed by atoms with Gasteiger partial charge < -0.3 is 9.64 Å². The van der Waals surface area contributed by atoms with Gasteiger partial charge in [-0.3, -0.25) is 0 Å². The van der Waals surface area contributed by atoms with Crippen molar-refractivity contribution in [1.82, 2.24) is 4.90 Å². The molecule has 0 bridgehead atoms. The average molecular weight is 262 g/mol. The zero-order valence-electron chi connectivity index (χ0n) is 11.2. The molecular weight excluding hydrogens is 238 g/mol. The quantitative estimate of drug-likeness (QED) is 0.726. The van der Waals surface area contributed by atoms with E-state index in [-0.39, 0.29) is 6.09 Å². The molecule has 1 amide bonds. The van der Waals surface area contributed by atoms with Gasteiger partial charge in [-0.05, 0) is 52.4 Å². The zero-order chi connectivity index (χ0) is 12.9. The number of rotatable bonds is 3. The number of amides is 1. The number of ether oxygens (including phenoxy) is 1. The lowest BCUT2D eigenvalue weighted by molar-refractivity contribution is 0.0181. The van der Waals surface area contributed by atoms with Gasteiger partial charge in [0.05, 0.1) is 0 Å². The Morgan fingerprint density at radius 1 is 1.35 bits per heavy atom. The molecule has 1 aliphatic heterocycles. The molecule has 100 valence electrons. The highest BCUT2D eigenvalue weighted by molar-refractivity contribution is 6.17. The van der Waals surface area contributed by atoms with Crippen molar-refractivity contribution in [2.24, 2.45) is 5.92 Å². The second-order valence-electron chi connectivity index (χ2n) is 5.74. The second kappa shape index (κ2) is 6.48. The number of carbonyl (C=O) groups excluding carboxylic acids is 1. The first-order valence-corrected chi connectivity index (χ1v) is 6.99. The SMILES string of the molecule is CC(C)(C)OC(=O)N1CCC(CCCCl)CC1. The van der Waals surface area contributed by atoms with Gasteiger partial charge in [0.1, 0.15) is 5.60 Å². The molecule has 1 saturated heterocycles. The third-order valence-corrected chi connectivity index (χ3v) is 3.28. The Hall–Kier alpha value is -0.440. The van der Waals surface area contributed by atoms with Gasteiger partial charge in [0.2, 0.25) is 0 Å². The van der Waals surface area contributed by atoms with Crippen LogP contribution in [0, 0.1) is 5.92 Å². The molecule has 0 aromatic rings. The Kier molecular flexibility index (Phi) is 5.57. The zero-order valence-corrected chi connectivity index (χ0v) is 11.9. The Labute approximate surface area is 109 Å². The van der Waals surface area contributed by atoms with Crippen LogP contribution in [0.5, 0.6) is 0 Å². The molecule has 0 aliphatic carbocycles. The molecule has 0 atom stereocenters. The third-order valence-electron chi connectivity index (χ3n) is 3.01. The van der Waals surface area contributed by atoms with Gasteiger partial charge >= 0.3 is 6.09 Å². The van der Waals surface area contributed by atoms with E-state index >= 15 is 0 Å². The first-order valence-electron chi connectivity index (χ1n) is 6.46. The van der Waals surface area contributed by atoms with E-state index in [0.717, 1.165) is 44.1 Å². The number of likely N-dealkylation sites (tertiary alicyclic amines) is 1. The normalized spacial score (nSPS) is 18.2. The van der Waals surface area contributed by atoms with Gasteiger partial charge in [-0.2, -0.15) is 0 Å². The lowest BCUT2D eigenvalue weighted by Crippen LogP contribution is -2.41. The second-order valence-corrected chi connectivity index (χ2v) is 6.12. The van der Waals surface area contributed by atoms with E-state index in [4.69, 9.17) is 16.3 Å². The highest BCUT2D eigenvalue weighted by Gasteiger charge is 2.26. The maximum Gasteiger partial charge on any atom is 0.410 e. The number of hydrogen-bond donors (Lipinski definition) is 0. The molecule has 1 rings (SSSR count). The maximum absolute atomic E-state index is 11.8. The molecule has 0 radical (unpaired) electrons. The minimum atomic E-state index is -0.396. The summed E-state index contributed by atoms with van der Waals surface area (Å²) < 4.78 is 5.36. The van der Waals surface area contributed by atoms with Crippen LogP contribution in [0.2, 0.25) is 0 Å². The number of carbonyl (C=O) groups is 1. The van der Waals surface area contributed by atoms with Crippen molar-refractivity contribution in [2.45, 2.75) is 52.1 Å². The summed E-state index contributed by atoms with van der Waals surface area (Å²) in [5.41, 5.74) is -0.396. The van der Waals surface area contributed by atoms with Crippen LogP contribution in [0.25, 0.3) is 0 Å². The van der Waals surface area contributed by atoms with Crippen molar-refractivity contribution in [2.75, 3.05) is 19.0 Å². The highest BCUT2D eigenvalue weighted by Crippen LogP contribution is 2.23. The summed E-state index contributed by atoms with van der Waals surface area (Å²) in [4.78, 5) is 13.6. The van der Waals surface area contributed by atoms with Gasteiger partial charge in [0, 0.05) is 19.0 Å². The van der Waals surface area contributed by atoms with Crippen molar-refractivity contribution in [3.05, 3.63) is 0 Å². The van der Waals surface area contributed by atoms with Crippen molar-refractivity contribution in [1.29, 1.82) is 0 Å². The van der Waals surface area contributed by atoms with Crippen molar-refractivity contribution in [3.63, 3.8) is 0 Å². The first kappa shape index (κ1) is 14.6. The summed E-state index contributed by atoms with van der Waals surface area (Å²) in [6.45, 7) is 7.35. The van der Waals surface area contributed by atoms with E-state index in [0.29, 0.717) is 0 Å². The lowest BCUT2D eigenvalue weighted by Gasteiger charge is -2.33. The number of piperidine rings is 1. The predicted molar refractivity (Wildman–Crippen MR) is 70.5 cm³/mol. The molecule has 0 aromatic heterocycles. The summed E-state index contributed by atoms with van der Waals surface area (Å²) >= 11 is 5.69. The van der Waals surface area contributed by atoms with Crippen LogP contribution >= 0.6 is 11.6 Å². The van der Waals surface area contributed by atoms with Gasteiger partial charge in [-0.1, -0.05) is 0 Å².